The highest BCUT2D eigenvalue weighted by Gasteiger charge is 2.24. The molecule has 0 unspecified atom stereocenters. The summed E-state index contributed by atoms with van der Waals surface area (Å²) in [5.74, 6) is -2.48. The maximum absolute atomic E-state index is 13.6. The van der Waals surface area contributed by atoms with Crippen LogP contribution in [0, 0.1) is 11.6 Å². The zero-order valence-corrected chi connectivity index (χ0v) is 11.0. The molecule has 6 heteroatoms. The molecule has 1 aromatic heterocycles. The Morgan fingerprint density at radius 3 is 2.56 bits per heavy atom. The average Bonchev–Trinajstić information content (AvgIpc) is 2.70. The van der Waals surface area contributed by atoms with Crippen molar-refractivity contribution in [3.63, 3.8) is 0 Å². The van der Waals surface area contributed by atoms with E-state index in [0.29, 0.717) is 11.0 Å². The fraction of sp³-hybridized carbons (Fsp3) is 0.167. The maximum atomic E-state index is 13.6. The molecule has 0 amide bonds. The Hall–Kier alpha value is -1.56. The largest absolute Gasteiger partial charge is 0.287 e. The van der Waals surface area contributed by atoms with Crippen LogP contribution in [0.1, 0.15) is 23.0 Å². The fourth-order valence-corrected chi connectivity index (χ4v) is 2.14. The van der Waals surface area contributed by atoms with Crippen molar-refractivity contribution in [1.29, 1.82) is 0 Å². The van der Waals surface area contributed by atoms with Crippen LogP contribution in [0.25, 0.3) is 0 Å². The van der Waals surface area contributed by atoms with Gasteiger partial charge in [-0.3, -0.25) is 9.48 Å². The Kier molecular flexibility index (Phi) is 3.56. The lowest BCUT2D eigenvalue weighted by molar-refractivity contribution is 0.102. The van der Waals surface area contributed by atoms with Crippen LogP contribution in [0.5, 0.6) is 0 Å². The Bertz CT molecular complexity index is 590. The summed E-state index contributed by atoms with van der Waals surface area (Å²) >= 11 is 3.16. The van der Waals surface area contributed by atoms with E-state index in [0.717, 1.165) is 12.1 Å². The average molecular weight is 315 g/mol. The Labute approximate surface area is 111 Å². The molecule has 0 fully saturated rings. The Morgan fingerprint density at radius 2 is 2.00 bits per heavy atom. The van der Waals surface area contributed by atoms with Crippen LogP contribution >= 0.6 is 15.9 Å². The van der Waals surface area contributed by atoms with E-state index in [1.165, 1.54) is 16.9 Å². The molecule has 2 aromatic rings. The molecule has 2 rings (SSSR count). The highest BCUT2D eigenvalue weighted by molar-refractivity contribution is 9.10. The summed E-state index contributed by atoms with van der Waals surface area (Å²) in [6, 6.07) is 3.32. The van der Waals surface area contributed by atoms with Gasteiger partial charge in [0.15, 0.2) is 0 Å². The third-order valence-electron chi connectivity index (χ3n) is 2.50. The number of hydrogen-bond donors (Lipinski definition) is 0. The van der Waals surface area contributed by atoms with E-state index in [1.54, 1.807) is 6.92 Å². The van der Waals surface area contributed by atoms with Crippen molar-refractivity contribution in [1.82, 2.24) is 9.78 Å². The molecular weight excluding hydrogens is 306 g/mol. The lowest BCUT2D eigenvalue weighted by Gasteiger charge is -2.06. The molecule has 0 saturated carbocycles. The molecule has 0 aliphatic heterocycles. The fourth-order valence-electron chi connectivity index (χ4n) is 1.66. The second-order valence-electron chi connectivity index (χ2n) is 3.58. The molecule has 0 N–H and O–H groups in total. The standard InChI is InChI=1S/C12H9BrF2N2O/c1-2-17-11(7(13)6-16-17)12(18)10-8(14)4-3-5-9(10)15/h3-6H,2H2,1H3. The number of benzene rings is 1. The van der Waals surface area contributed by atoms with Gasteiger partial charge < -0.3 is 0 Å². The SMILES string of the molecule is CCn1ncc(Br)c1C(=O)c1c(F)cccc1F. The van der Waals surface area contributed by atoms with Crippen molar-refractivity contribution in [2.24, 2.45) is 0 Å². The van der Waals surface area contributed by atoms with Gasteiger partial charge in [0.25, 0.3) is 0 Å². The van der Waals surface area contributed by atoms with Gasteiger partial charge in [-0.15, -0.1) is 0 Å². The normalized spacial score (nSPS) is 10.7. The molecule has 0 aliphatic rings. The van der Waals surface area contributed by atoms with E-state index in [2.05, 4.69) is 21.0 Å². The van der Waals surface area contributed by atoms with Gasteiger partial charge in [-0.25, -0.2) is 8.78 Å². The highest BCUT2D eigenvalue weighted by Crippen LogP contribution is 2.22. The predicted molar refractivity (Wildman–Crippen MR) is 65.4 cm³/mol. The van der Waals surface area contributed by atoms with Gasteiger partial charge in [-0.05, 0) is 35.0 Å². The molecule has 1 heterocycles. The molecule has 0 atom stereocenters. The van der Waals surface area contributed by atoms with E-state index in [1.807, 2.05) is 0 Å². The van der Waals surface area contributed by atoms with E-state index in [4.69, 9.17) is 0 Å². The van der Waals surface area contributed by atoms with Crippen LogP contribution in [-0.2, 0) is 6.54 Å². The summed E-state index contributed by atoms with van der Waals surface area (Å²) in [5.41, 5.74) is -0.421. The molecule has 0 radical (unpaired) electrons. The lowest BCUT2D eigenvalue weighted by atomic mass is 10.1. The molecule has 0 aliphatic carbocycles. The van der Waals surface area contributed by atoms with Gasteiger partial charge in [0.05, 0.1) is 16.2 Å². The van der Waals surface area contributed by atoms with Crippen molar-refractivity contribution < 1.29 is 13.6 Å². The summed E-state index contributed by atoms with van der Waals surface area (Å²) in [5, 5.41) is 3.94. The van der Waals surface area contributed by atoms with Crippen molar-refractivity contribution in [3.05, 3.63) is 51.8 Å². The van der Waals surface area contributed by atoms with Gasteiger partial charge in [0, 0.05) is 6.54 Å². The number of hydrogen-bond acceptors (Lipinski definition) is 2. The molecular formula is C12H9BrF2N2O. The minimum absolute atomic E-state index is 0.140. The Balaban J connectivity index is 2.58. The first kappa shape index (κ1) is 12.9. The first-order valence-corrected chi connectivity index (χ1v) is 6.05. The number of aryl methyl sites for hydroxylation is 1. The molecule has 18 heavy (non-hydrogen) atoms. The van der Waals surface area contributed by atoms with E-state index >= 15 is 0 Å². The number of halogens is 3. The minimum Gasteiger partial charge on any atom is -0.287 e. The van der Waals surface area contributed by atoms with Crippen molar-refractivity contribution >= 4 is 21.7 Å². The first-order chi connectivity index (χ1) is 8.56. The minimum atomic E-state index is -0.879. The third kappa shape index (κ3) is 2.08. The number of carbonyl (C=O) groups is 1. The summed E-state index contributed by atoms with van der Waals surface area (Å²) in [4.78, 5) is 12.2. The van der Waals surface area contributed by atoms with Crippen molar-refractivity contribution in [2.45, 2.75) is 13.5 Å². The van der Waals surface area contributed by atoms with Crippen LogP contribution in [-0.4, -0.2) is 15.6 Å². The summed E-state index contributed by atoms with van der Waals surface area (Å²) in [6.07, 6.45) is 1.43. The van der Waals surface area contributed by atoms with Gasteiger partial charge >= 0.3 is 0 Å². The monoisotopic (exact) mass is 314 g/mol. The number of aromatic nitrogens is 2. The first-order valence-electron chi connectivity index (χ1n) is 5.26. The molecule has 0 bridgehead atoms. The lowest BCUT2D eigenvalue weighted by Crippen LogP contribution is -2.14. The van der Waals surface area contributed by atoms with Crippen molar-refractivity contribution in [3.8, 4) is 0 Å². The summed E-state index contributed by atoms with van der Waals surface area (Å²) < 4.78 is 28.9. The predicted octanol–water partition coefficient (Wildman–Crippen LogP) is 3.17. The maximum Gasteiger partial charge on any atom is 0.218 e. The summed E-state index contributed by atoms with van der Waals surface area (Å²) in [6.45, 7) is 2.22. The smallest absolute Gasteiger partial charge is 0.218 e. The van der Waals surface area contributed by atoms with Crippen LogP contribution in [0.3, 0.4) is 0 Å². The highest BCUT2D eigenvalue weighted by atomic mass is 79.9. The van der Waals surface area contributed by atoms with Crippen LogP contribution < -0.4 is 0 Å². The van der Waals surface area contributed by atoms with E-state index in [9.17, 15) is 13.6 Å². The van der Waals surface area contributed by atoms with Crippen LogP contribution in [0.2, 0.25) is 0 Å². The van der Waals surface area contributed by atoms with Gasteiger partial charge in [0.1, 0.15) is 17.3 Å². The van der Waals surface area contributed by atoms with E-state index < -0.39 is 23.0 Å². The van der Waals surface area contributed by atoms with Crippen molar-refractivity contribution in [2.75, 3.05) is 0 Å². The number of rotatable bonds is 3. The second kappa shape index (κ2) is 4.97. The third-order valence-corrected chi connectivity index (χ3v) is 3.08. The number of nitrogens with zero attached hydrogens (tertiary/aromatic N) is 2. The quantitative estimate of drug-likeness (QED) is 0.816. The zero-order chi connectivity index (χ0) is 13.3. The van der Waals surface area contributed by atoms with E-state index in [-0.39, 0.29) is 5.69 Å². The molecule has 1 aromatic carbocycles. The van der Waals surface area contributed by atoms with Gasteiger partial charge in [-0.2, -0.15) is 5.10 Å². The zero-order valence-electron chi connectivity index (χ0n) is 9.45. The van der Waals surface area contributed by atoms with Gasteiger partial charge in [-0.1, -0.05) is 6.07 Å². The number of carbonyl (C=O) groups excluding carboxylic acids is 1. The molecule has 3 nitrogen and oxygen atoms in total. The molecule has 0 spiro atoms. The second-order valence-corrected chi connectivity index (χ2v) is 4.44. The summed E-state index contributed by atoms with van der Waals surface area (Å²) in [7, 11) is 0. The molecule has 94 valence electrons. The number of ketones is 1. The van der Waals surface area contributed by atoms with Crippen LogP contribution in [0.15, 0.2) is 28.9 Å². The van der Waals surface area contributed by atoms with Gasteiger partial charge in [0.2, 0.25) is 5.78 Å². The van der Waals surface area contributed by atoms with Crippen LogP contribution in [0.4, 0.5) is 8.78 Å². The Morgan fingerprint density at radius 1 is 1.39 bits per heavy atom. The topological polar surface area (TPSA) is 34.9 Å². The molecule has 0 saturated heterocycles.